The molecule has 0 atom stereocenters. The van der Waals surface area contributed by atoms with Gasteiger partial charge in [-0.15, -0.1) is 11.3 Å². The Kier molecular flexibility index (Phi) is 3.16. The maximum Gasteiger partial charge on any atom is 0.412 e. The molecule has 1 rings (SSSR count). The highest BCUT2D eigenvalue weighted by Gasteiger charge is 2.29. The van der Waals surface area contributed by atoms with Gasteiger partial charge in [0, 0.05) is 10.5 Å². The molecule has 76 valence electrons. The van der Waals surface area contributed by atoms with Crippen molar-refractivity contribution < 1.29 is 13.2 Å². The highest BCUT2D eigenvalue weighted by molar-refractivity contribution is 7.11. The first kappa shape index (κ1) is 11.0. The summed E-state index contributed by atoms with van der Waals surface area (Å²) < 4.78 is 36.4. The third kappa shape index (κ3) is 2.73. The van der Waals surface area contributed by atoms with E-state index in [1.165, 1.54) is 11.3 Å². The molecule has 1 aromatic heterocycles. The molecule has 1 heterocycles. The van der Waals surface area contributed by atoms with Crippen LogP contribution in [0.4, 0.5) is 13.2 Å². The van der Waals surface area contributed by atoms with Gasteiger partial charge in [0.25, 0.3) is 0 Å². The number of thiophene rings is 1. The zero-order chi connectivity index (χ0) is 10.8. The maximum atomic E-state index is 12.1. The number of allylic oxidation sites excluding steroid dienone is 3. The van der Waals surface area contributed by atoms with Crippen molar-refractivity contribution in [2.45, 2.75) is 13.1 Å². The van der Waals surface area contributed by atoms with Gasteiger partial charge in [-0.05, 0) is 30.0 Å². The Morgan fingerprint density at radius 2 is 2.14 bits per heavy atom. The van der Waals surface area contributed by atoms with Crippen LogP contribution in [0.2, 0.25) is 0 Å². The summed E-state index contributed by atoms with van der Waals surface area (Å²) in [7, 11) is 0. The Morgan fingerprint density at radius 3 is 2.57 bits per heavy atom. The van der Waals surface area contributed by atoms with Crippen molar-refractivity contribution in [3.8, 4) is 0 Å². The smallest absolute Gasteiger partial charge is 0.166 e. The predicted octanol–water partition coefficient (Wildman–Crippen LogP) is 4.27. The highest BCUT2D eigenvalue weighted by Crippen LogP contribution is 2.28. The van der Waals surface area contributed by atoms with E-state index < -0.39 is 11.7 Å². The average molecular weight is 218 g/mol. The van der Waals surface area contributed by atoms with E-state index in [9.17, 15) is 13.2 Å². The summed E-state index contributed by atoms with van der Waals surface area (Å²) in [5, 5.41) is 1.80. The Labute approximate surface area is 84.4 Å². The minimum Gasteiger partial charge on any atom is -0.166 e. The van der Waals surface area contributed by atoms with Crippen molar-refractivity contribution in [1.82, 2.24) is 0 Å². The molecule has 4 heteroatoms. The van der Waals surface area contributed by atoms with E-state index in [4.69, 9.17) is 0 Å². The second-order valence-electron chi connectivity index (χ2n) is 2.83. The molecule has 0 spiro atoms. The highest BCUT2D eigenvalue weighted by atomic mass is 32.1. The van der Waals surface area contributed by atoms with Crippen LogP contribution in [0, 0.1) is 0 Å². The fraction of sp³-hybridized carbons (Fsp3) is 0.200. The average Bonchev–Trinajstić information content (AvgIpc) is 2.53. The summed E-state index contributed by atoms with van der Waals surface area (Å²) in [6.45, 7) is 4.63. The monoisotopic (exact) mass is 218 g/mol. The zero-order valence-corrected chi connectivity index (χ0v) is 8.38. The van der Waals surface area contributed by atoms with Crippen LogP contribution >= 0.6 is 11.3 Å². The fourth-order valence-electron chi connectivity index (χ4n) is 0.876. The van der Waals surface area contributed by atoms with Crippen LogP contribution in [-0.4, -0.2) is 6.18 Å². The molecule has 0 aliphatic rings. The van der Waals surface area contributed by atoms with E-state index in [2.05, 4.69) is 6.58 Å². The van der Waals surface area contributed by atoms with Gasteiger partial charge in [-0.25, -0.2) is 0 Å². The number of rotatable bonds is 2. The van der Waals surface area contributed by atoms with Gasteiger partial charge in [-0.2, -0.15) is 13.2 Å². The topological polar surface area (TPSA) is 0 Å². The van der Waals surface area contributed by atoms with E-state index in [-0.39, 0.29) is 0 Å². The normalized spacial score (nSPS) is 13.0. The number of alkyl halides is 3. The van der Waals surface area contributed by atoms with E-state index in [1.807, 2.05) is 0 Å². The second-order valence-corrected chi connectivity index (χ2v) is 3.78. The van der Waals surface area contributed by atoms with Crippen molar-refractivity contribution >= 4 is 16.9 Å². The van der Waals surface area contributed by atoms with E-state index in [0.717, 1.165) is 17.9 Å². The molecule has 0 radical (unpaired) electrons. The van der Waals surface area contributed by atoms with Gasteiger partial charge in [0.05, 0.1) is 0 Å². The molecule has 0 fully saturated rings. The standard InChI is InChI=1S/C10H9F3S/c1-7(9-4-3-5-14-9)6-8(2)10(11,12)13/h3-6H,1H2,2H3. The number of hydrogen-bond donors (Lipinski definition) is 0. The molecule has 0 bridgehead atoms. The third-order valence-electron chi connectivity index (χ3n) is 1.68. The summed E-state index contributed by atoms with van der Waals surface area (Å²) in [4.78, 5) is 0.758. The van der Waals surface area contributed by atoms with Crippen LogP contribution in [0.25, 0.3) is 5.57 Å². The van der Waals surface area contributed by atoms with Crippen molar-refractivity contribution in [3.63, 3.8) is 0 Å². The van der Waals surface area contributed by atoms with Gasteiger partial charge in [-0.3, -0.25) is 0 Å². The first-order valence-electron chi connectivity index (χ1n) is 3.89. The van der Waals surface area contributed by atoms with Gasteiger partial charge in [0.1, 0.15) is 0 Å². The van der Waals surface area contributed by atoms with Crippen LogP contribution in [0.15, 0.2) is 35.7 Å². The van der Waals surface area contributed by atoms with Crippen molar-refractivity contribution in [2.75, 3.05) is 0 Å². The predicted molar refractivity (Wildman–Crippen MR) is 53.2 cm³/mol. The van der Waals surface area contributed by atoms with Gasteiger partial charge in [-0.1, -0.05) is 12.6 Å². The van der Waals surface area contributed by atoms with Crippen molar-refractivity contribution in [2.24, 2.45) is 0 Å². The lowest BCUT2D eigenvalue weighted by atomic mass is 10.1. The molecular weight excluding hydrogens is 209 g/mol. The Morgan fingerprint density at radius 1 is 1.50 bits per heavy atom. The lowest BCUT2D eigenvalue weighted by Gasteiger charge is -2.06. The Bertz CT molecular complexity index is 344. The van der Waals surface area contributed by atoms with Gasteiger partial charge >= 0.3 is 6.18 Å². The molecule has 0 amide bonds. The summed E-state index contributed by atoms with van der Waals surface area (Å²) in [5.41, 5.74) is -0.231. The van der Waals surface area contributed by atoms with Gasteiger partial charge in [0.2, 0.25) is 0 Å². The minimum absolute atomic E-state index is 0.398. The van der Waals surface area contributed by atoms with Gasteiger partial charge < -0.3 is 0 Å². The quantitative estimate of drug-likeness (QED) is 0.650. The molecule has 0 saturated heterocycles. The van der Waals surface area contributed by atoms with Crippen LogP contribution < -0.4 is 0 Å². The van der Waals surface area contributed by atoms with E-state index in [1.54, 1.807) is 17.5 Å². The molecule has 14 heavy (non-hydrogen) atoms. The molecule has 0 unspecified atom stereocenters. The molecule has 0 aliphatic heterocycles. The minimum atomic E-state index is -4.26. The lowest BCUT2D eigenvalue weighted by molar-refractivity contribution is -0.0912. The molecule has 0 nitrogen and oxygen atoms in total. The molecular formula is C10H9F3S. The summed E-state index contributed by atoms with van der Waals surface area (Å²) in [6.07, 6.45) is -3.20. The van der Waals surface area contributed by atoms with Crippen LogP contribution in [0.5, 0.6) is 0 Å². The number of hydrogen-bond acceptors (Lipinski definition) is 1. The van der Waals surface area contributed by atoms with Crippen LogP contribution in [0.1, 0.15) is 11.8 Å². The molecule has 0 aromatic carbocycles. The molecule has 0 saturated carbocycles. The lowest BCUT2D eigenvalue weighted by Crippen LogP contribution is -2.08. The molecule has 1 aromatic rings. The first-order valence-corrected chi connectivity index (χ1v) is 4.77. The Balaban J connectivity index is 2.84. The molecule has 0 N–H and O–H groups in total. The third-order valence-corrected chi connectivity index (χ3v) is 2.62. The Hall–Kier alpha value is -1.03. The summed E-state index contributed by atoms with van der Waals surface area (Å²) in [6, 6.07) is 3.52. The van der Waals surface area contributed by atoms with E-state index in [0.29, 0.717) is 5.57 Å². The van der Waals surface area contributed by atoms with Crippen molar-refractivity contribution in [1.29, 1.82) is 0 Å². The van der Waals surface area contributed by atoms with Crippen LogP contribution in [-0.2, 0) is 0 Å². The largest absolute Gasteiger partial charge is 0.412 e. The zero-order valence-electron chi connectivity index (χ0n) is 7.56. The molecule has 0 aliphatic carbocycles. The first-order chi connectivity index (χ1) is 6.41. The van der Waals surface area contributed by atoms with Crippen molar-refractivity contribution in [3.05, 3.63) is 40.6 Å². The maximum absolute atomic E-state index is 12.1. The SMILES string of the molecule is C=C(C=C(C)C(F)(F)F)c1cccs1. The number of halogens is 3. The van der Waals surface area contributed by atoms with E-state index >= 15 is 0 Å². The summed E-state index contributed by atoms with van der Waals surface area (Å²) in [5.74, 6) is 0. The van der Waals surface area contributed by atoms with Gasteiger partial charge in [0.15, 0.2) is 0 Å². The summed E-state index contributed by atoms with van der Waals surface area (Å²) >= 11 is 1.37. The van der Waals surface area contributed by atoms with Crippen LogP contribution in [0.3, 0.4) is 0 Å². The second kappa shape index (κ2) is 4.00. The fourth-order valence-corrected chi connectivity index (χ4v) is 1.55.